The van der Waals surface area contributed by atoms with E-state index < -0.39 is 10.0 Å². The molecule has 4 N–H and O–H groups in total. The molecule has 0 atom stereocenters. The van der Waals surface area contributed by atoms with Crippen LogP contribution in [0.4, 0.5) is 5.69 Å². The van der Waals surface area contributed by atoms with Crippen LogP contribution in [0.5, 0.6) is 5.75 Å². The number of anilines is 1. The number of nitrogens with zero attached hydrogens (tertiary/aromatic N) is 1. The molecule has 1 aromatic carbocycles. The van der Waals surface area contributed by atoms with Crippen molar-refractivity contribution >= 4 is 15.7 Å². The second-order valence-electron chi connectivity index (χ2n) is 3.94. The zero-order chi connectivity index (χ0) is 15.3. The molecule has 0 amide bonds. The Morgan fingerprint density at radius 3 is 2.90 bits per heavy atom. The Hall–Kier alpha value is -2.50. The van der Waals surface area contributed by atoms with Crippen molar-refractivity contribution in [1.82, 2.24) is 9.97 Å². The van der Waals surface area contributed by atoms with E-state index in [1.165, 1.54) is 19.6 Å². The van der Waals surface area contributed by atoms with Gasteiger partial charge in [0.1, 0.15) is 5.75 Å². The fourth-order valence-corrected chi connectivity index (χ4v) is 2.57. The molecule has 0 spiro atoms. The van der Waals surface area contributed by atoms with Crippen LogP contribution in [0.1, 0.15) is 5.56 Å². The van der Waals surface area contributed by atoms with Gasteiger partial charge in [-0.2, -0.15) is 8.42 Å². The van der Waals surface area contributed by atoms with Gasteiger partial charge in [-0.3, -0.25) is 4.72 Å². The van der Waals surface area contributed by atoms with E-state index in [4.69, 9.17) is 10.5 Å². The molecule has 0 unspecified atom stereocenters. The SMILES string of the molecule is COc1ccc(C#CCN)cc1NS(=O)(=O)c1cnc[nH]1. The zero-order valence-corrected chi connectivity index (χ0v) is 12.1. The van der Waals surface area contributed by atoms with Crippen LogP contribution in [0.25, 0.3) is 0 Å². The summed E-state index contributed by atoms with van der Waals surface area (Å²) in [4.78, 5) is 6.23. The van der Waals surface area contributed by atoms with Crippen molar-refractivity contribution in [2.75, 3.05) is 18.4 Å². The second kappa shape index (κ2) is 6.30. The summed E-state index contributed by atoms with van der Waals surface area (Å²) >= 11 is 0. The van der Waals surface area contributed by atoms with E-state index in [0.29, 0.717) is 11.3 Å². The highest BCUT2D eigenvalue weighted by molar-refractivity contribution is 7.92. The lowest BCUT2D eigenvalue weighted by Gasteiger charge is -2.11. The summed E-state index contributed by atoms with van der Waals surface area (Å²) in [6.45, 7) is 0.223. The number of ether oxygens (including phenoxy) is 1. The molecule has 0 aliphatic carbocycles. The smallest absolute Gasteiger partial charge is 0.279 e. The van der Waals surface area contributed by atoms with Crippen molar-refractivity contribution in [2.45, 2.75) is 5.03 Å². The number of sulfonamides is 1. The summed E-state index contributed by atoms with van der Waals surface area (Å²) in [5.41, 5.74) is 6.23. The molecule has 0 saturated heterocycles. The molecule has 2 rings (SSSR count). The molecular weight excluding hydrogens is 292 g/mol. The van der Waals surface area contributed by atoms with Crippen molar-refractivity contribution in [3.05, 3.63) is 36.3 Å². The predicted molar refractivity (Wildman–Crippen MR) is 78.3 cm³/mol. The van der Waals surface area contributed by atoms with E-state index >= 15 is 0 Å². The Kier molecular flexibility index (Phi) is 4.47. The van der Waals surface area contributed by atoms with Gasteiger partial charge in [-0.05, 0) is 18.2 Å². The molecule has 0 bridgehead atoms. The third kappa shape index (κ3) is 3.53. The molecule has 7 nitrogen and oxygen atoms in total. The number of rotatable bonds is 4. The molecule has 0 radical (unpaired) electrons. The Morgan fingerprint density at radius 2 is 2.29 bits per heavy atom. The van der Waals surface area contributed by atoms with Gasteiger partial charge in [-0.15, -0.1) is 0 Å². The fourth-order valence-electron chi connectivity index (χ4n) is 1.61. The molecule has 0 fully saturated rings. The first kappa shape index (κ1) is 14.9. The largest absolute Gasteiger partial charge is 0.495 e. The van der Waals surface area contributed by atoms with Gasteiger partial charge in [0.15, 0.2) is 5.03 Å². The summed E-state index contributed by atoms with van der Waals surface area (Å²) in [5.74, 6) is 5.92. The zero-order valence-electron chi connectivity index (χ0n) is 11.3. The average molecular weight is 306 g/mol. The van der Waals surface area contributed by atoms with Gasteiger partial charge in [0.05, 0.1) is 31.9 Å². The summed E-state index contributed by atoms with van der Waals surface area (Å²) < 4.78 is 31.9. The number of H-pyrrole nitrogens is 1. The number of aromatic amines is 1. The minimum absolute atomic E-state index is 0.0389. The normalized spacial score (nSPS) is 10.6. The van der Waals surface area contributed by atoms with Crippen molar-refractivity contribution in [3.63, 3.8) is 0 Å². The van der Waals surface area contributed by atoms with Crippen molar-refractivity contribution in [2.24, 2.45) is 5.73 Å². The molecule has 0 saturated carbocycles. The molecule has 0 aliphatic heterocycles. The molecule has 0 aliphatic rings. The summed E-state index contributed by atoms with van der Waals surface area (Å²) in [6, 6.07) is 4.93. The van der Waals surface area contributed by atoms with Gasteiger partial charge in [0.2, 0.25) is 0 Å². The van der Waals surface area contributed by atoms with Gasteiger partial charge >= 0.3 is 0 Å². The number of benzene rings is 1. The fraction of sp³-hybridized carbons (Fsp3) is 0.154. The number of nitrogens with two attached hydrogens (primary N) is 1. The van der Waals surface area contributed by atoms with Gasteiger partial charge in [-0.25, -0.2) is 4.98 Å². The molecule has 21 heavy (non-hydrogen) atoms. The Labute approximate surface area is 122 Å². The number of methoxy groups -OCH3 is 1. The van der Waals surface area contributed by atoms with E-state index in [-0.39, 0.29) is 17.3 Å². The van der Waals surface area contributed by atoms with E-state index in [1.54, 1.807) is 18.2 Å². The second-order valence-corrected chi connectivity index (χ2v) is 5.59. The Balaban J connectivity index is 2.38. The average Bonchev–Trinajstić information content (AvgIpc) is 3.00. The van der Waals surface area contributed by atoms with E-state index in [9.17, 15) is 8.42 Å². The lowest BCUT2D eigenvalue weighted by molar-refractivity contribution is 0.417. The minimum atomic E-state index is -3.76. The first-order chi connectivity index (χ1) is 10.1. The van der Waals surface area contributed by atoms with Crippen molar-refractivity contribution in [3.8, 4) is 17.6 Å². The van der Waals surface area contributed by atoms with Crippen LogP contribution in [0.15, 0.2) is 35.7 Å². The standard InChI is InChI=1S/C13H14N4O3S/c1-20-12-5-4-10(3-2-6-14)7-11(12)17-21(18,19)13-8-15-9-16-13/h4-5,7-9,17H,6,14H2,1H3,(H,15,16). The maximum atomic E-state index is 12.2. The topological polar surface area (TPSA) is 110 Å². The third-order valence-electron chi connectivity index (χ3n) is 2.54. The van der Waals surface area contributed by atoms with Crippen molar-refractivity contribution < 1.29 is 13.2 Å². The van der Waals surface area contributed by atoms with Gasteiger partial charge < -0.3 is 15.5 Å². The van der Waals surface area contributed by atoms with Gasteiger partial charge in [0.25, 0.3) is 10.0 Å². The van der Waals surface area contributed by atoms with E-state index in [0.717, 1.165) is 0 Å². The van der Waals surface area contributed by atoms with Crippen molar-refractivity contribution in [1.29, 1.82) is 0 Å². The first-order valence-corrected chi connectivity index (χ1v) is 7.43. The predicted octanol–water partition coefficient (Wildman–Crippen LogP) is 0.529. The molecule has 110 valence electrons. The highest BCUT2D eigenvalue weighted by Crippen LogP contribution is 2.27. The number of imidazole rings is 1. The monoisotopic (exact) mass is 306 g/mol. The lowest BCUT2D eigenvalue weighted by Crippen LogP contribution is -2.14. The molecule has 1 aromatic heterocycles. The van der Waals surface area contributed by atoms with Gasteiger partial charge in [0, 0.05) is 5.56 Å². The molecule has 8 heteroatoms. The highest BCUT2D eigenvalue weighted by atomic mass is 32.2. The van der Waals surface area contributed by atoms with Crippen LogP contribution in [0.3, 0.4) is 0 Å². The minimum Gasteiger partial charge on any atom is -0.495 e. The maximum Gasteiger partial charge on any atom is 0.279 e. The number of hydrogen-bond acceptors (Lipinski definition) is 5. The summed E-state index contributed by atoms with van der Waals surface area (Å²) in [5, 5.41) is -0.0389. The summed E-state index contributed by atoms with van der Waals surface area (Å²) in [6.07, 6.45) is 2.50. The molecule has 1 heterocycles. The van der Waals surface area contributed by atoms with Crippen LogP contribution in [0, 0.1) is 11.8 Å². The van der Waals surface area contributed by atoms with Crippen LogP contribution in [-0.2, 0) is 10.0 Å². The number of hydrogen-bond donors (Lipinski definition) is 3. The van der Waals surface area contributed by atoms with E-state index in [1.807, 2.05) is 0 Å². The molecular formula is C13H14N4O3S. The first-order valence-electron chi connectivity index (χ1n) is 5.95. The van der Waals surface area contributed by atoms with Gasteiger partial charge in [-0.1, -0.05) is 11.8 Å². The van der Waals surface area contributed by atoms with Crippen LogP contribution >= 0.6 is 0 Å². The molecule has 2 aromatic rings. The quantitative estimate of drug-likeness (QED) is 0.714. The number of aromatic nitrogens is 2. The number of nitrogens with one attached hydrogen (secondary N) is 2. The van der Waals surface area contributed by atoms with Crippen LogP contribution in [-0.4, -0.2) is 32.0 Å². The summed E-state index contributed by atoms with van der Waals surface area (Å²) in [7, 11) is -2.31. The lowest BCUT2D eigenvalue weighted by atomic mass is 10.2. The third-order valence-corrected chi connectivity index (χ3v) is 3.83. The van der Waals surface area contributed by atoms with Crippen LogP contribution in [0.2, 0.25) is 0 Å². The Morgan fingerprint density at radius 1 is 1.48 bits per heavy atom. The van der Waals surface area contributed by atoms with Crippen LogP contribution < -0.4 is 15.2 Å². The Bertz CT molecular complexity index is 773. The highest BCUT2D eigenvalue weighted by Gasteiger charge is 2.18. The maximum absolute atomic E-state index is 12.2. The van der Waals surface area contributed by atoms with E-state index in [2.05, 4.69) is 26.5 Å².